The van der Waals surface area contributed by atoms with Crippen LogP contribution in [-0.4, -0.2) is 11.6 Å². The van der Waals surface area contributed by atoms with Crippen molar-refractivity contribution in [3.8, 4) is 5.75 Å². The van der Waals surface area contributed by atoms with Gasteiger partial charge in [-0.25, -0.2) is 0 Å². The zero-order valence-corrected chi connectivity index (χ0v) is 22.0. The monoisotopic (exact) mass is 474 g/mol. The van der Waals surface area contributed by atoms with Gasteiger partial charge in [-0.05, 0) is 78.8 Å². The van der Waals surface area contributed by atoms with Crippen molar-refractivity contribution in [2.24, 2.45) is 0 Å². The number of nitrogens with one attached hydrogen (secondary N) is 1. The van der Waals surface area contributed by atoms with Crippen LogP contribution in [0.1, 0.15) is 55.5 Å². The van der Waals surface area contributed by atoms with E-state index in [2.05, 4.69) is 39.1 Å². The number of anilines is 1. The number of thiocarbonyl (C=S) groups is 1. The maximum atomic E-state index is 13.9. The summed E-state index contributed by atoms with van der Waals surface area (Å²) in [5, 5.41) is 17.2. The quantitative estimate of drug-likeness (QED) is 0.215. The molecule has 0 spiro atoms. The summed E-state index contributed by atoms with van der Waals surface area (Å²) < 4.78 is 7.56. The first-order valence-corrected chi connectivity index (χ1v) is 12.0. The van der Waals surface area contributed by atoms with Gasteiger partial charge in [0.25, 0.3) is 0 Å². The van der Waals surface area contributed by atoms with Crippen LogP contribution in [0.15, 0.2) is 60.9 Å². The van der Waals surface area contributed by atoms with E-state index in [4.69, 9.17) is 17.0 Å². The standard InChI is InChI=1S/C29H34N2O2S/c1-8-33-25-12-10-9-11-24(25)30-28(34)26(31-15-13-22(14-16-31)29(5,6)7)27(32)23-18-20(3)19(2)17-21(23)4/h9-18H,8H2,1-7H3,(H-,30,32,34). The third-order valence-electron chi connectivity index (χ3n) is 5.90. The molecule has 0 aliphatic heterocycles. The lowest BCUT2D eigenvalue weighted by Gasteiger charge is -2.21. The summed E-state index contributed by atoms with van der Waals surface area (Å²) in [6.07, 6.45) is 3.82. The molecule has 0 amide bonds. The van der Waals surface area contributed by atoms with Crippen LogP contribution >= 0.6 is 12.2 Å². The van der Waals surface area contributed by atoms with Gasteiger partial charge >= 0.3 is 0 Å². The van der Waals surface area contributed by atoms with E-state index in [0.29, 0.717) is 28.6 Å². The molecule has 0 saturated heterocycles. The average Bonchev–Trinajstić information content (AvgIpc) is 2.77. The molecule has 34 heavy (non-hydrogen) atoms. The van der Waals surface area contributed by atoms with Crippen molar-refractivity contribution in [2.75, 3.05) is 11.9 Å². The van der Waals surface area contributed by atoms with Crippen LogP contribution in [0.5, 0.6) is 5.75 Å². The van der Waals surface area contributed by atoms with E-state index >= 15 is 0 Å². The predicted molar refractivity (Wildman–Crippen MR) is 143 cm³/mol. The van der Waals surface area contributed by atoms with Gasteiger partial charge in [-0.2, -0.15) is 4.57 Å². The minimum atomic E-state index is -0.125. The molecule has 0 bridgehead atoms. The number of nitrogens with zero attached hydrogens (tertiary/aromatic N) is 1. The van der Waals surface area contributed by atoms with Gasteiger partial charge in [0.1, 0.15) is 5.75 Å². The lowest BCUT2D eigenvalue weighted by atomic mass is 9.88. The molecule has 178 valence electrons. The van der Waals surface area contributed by atoms with Crippen molar-refractivity contribution < 1.29 is 14.4 Å². The summed E-state index contributed by atoms with van der Waals surface area (Å²) in [7, 11) is 0. The first-order chi connectivity index (χ1) is 16.0. The molecule has 0 fully saturated rings. The first kappa shape index (κ1) is 25.4. The van der Waals surface area contributed by atoms with E-state index < -0.39 is 0 Å². The molecule has 0 atom stereocenters. The number of aromatic nitrogens is 1. The smallest absolute Gasteiger partial charge is 0.238 e. The highest BCUT2D eigenvalue weighted by Gasteiger charge is 2.22. The Bertz CT molecular complexity index is 1220. The third kappa shape index (κ3) is 5.65. The Kier molecular flexibility index (Phi) is 7.78. The fraction of sp³-hybridized carbons (Fsp3) is 0.310. The van der Waals surface area contributed by atoms with E-state index in [1.165, 1.54) is 5.56 Å². The Morgan fingerprint density at radius 2 is 1.59 bits per heavy atom. The van der Waals surface area contributed by atoms with Crippen molar-refractivity contribution in [2.45, 2.75) is 53.9 Å². The molecule has 1 aromatic heterocycles. The number of ether oxygens (including phenoxy) is 1. The molecule has 0 radical (unpaired) electrons. The number of benzene rings is 2. The van der Waals surface area contributed by atoms with Gasteiger partial charge in [0, 0.05) is 12.1 Å². The Morgan fingerprint density at radius 1 is 0.971 bits per heavy atom. The molecule has 1 heterocycles. The maximum Gasteiger partial charge on any atom is 0.238 e. The highest BCUT2D eigenvalue weighted by atomic mass is 32.1. The van der Waals surface area contributed by atoms with Gasteiger partial charge in [-0.3, -0.25) is 0 Å². The Morgan fingerprint density at radius 3 is 2.21 bits per heavy atom. The molecular formula is C29H34N2O2S. The first-order valence-electron chi connectivity index (χ1n) is 11.6. The zero-order chi connectivity index (χ0) is 25.0. The molecule has 0 aliphatic rings. The Hall–Kier alpha value is -3.18. The lowest BCUT2D eigenvalue weighted by Crippen LogP contribution is -2.40. The fourth-order valence-corrected chi connectivity index (χ4v) is 4.09. The van der Waals surface area contributed by atoms with E-state index in [9.17, 15) is 5.11 Å². The van der Waals surface area contributed by atoms with E-state index in [1.54, 1.807) is 0 Å². The minimum Gasteiger partial charge on any atom is -0.867 e. The predicted octanol–water partition coefficient (Wildman–Crippen LogP) is 5.72. The van der Waals surface area contributed by atoms with Crippen LogP contribution in [0.2, 0.25) is 0 Å². The van der Waals surface area contributed by atoms with Crippen LogP contribution in [0.25, 0.3) is 11.5 Å². The highest BCUT2D eigenvalue weighted by molar-refractivity contribution is 7.81. The summed E-state index contributed by atoms with van der Waals surface area (Å²) in [4.78, 5) is 0.336. The van der Waals surface area contributed by atoms with Crippen molar-refractivity contribution in [1.29, 1.82) is 0 Å². The van der Waals surface area contributed by atoms with Gasteiger partial charge in [0.05, 0.1) is 12.3 Å². The average molecular weight is 475 g/mol. The second-order valence-electron chi connectivity index (χ2n) is 9.56. The summed E-state index contributed by atoms with van der Waals surface area (Å²) in [5.74, 6) is 0.565. The molecule has 5 heteroatoms. The fourth-order valence-electron chi connectivity index (χ4n) is 3.78. The number of hydrogen-bond donors (Lipinski definition) is 1. The molecule has 3 aromatic rings. The van der Waals surface area contributed by atoms with Gasteiger partial charge in [-0.15, -0.1) is 0 Å². The van der Waals surface area contributed by atoms with Crippen molar-refractivity contribution in [3.63, 3.8) is 0 Å². The Balaban J connectivity index is 2.15. The largest absolute Gasteiger partial charge is 0.867 e. The van der Waals surface area contributed by atoms with Crippen molar-refractivity contribution in [3.05, 3.63) is 88.7 Å². The van der Waals surface area contributed by atoms with Crippen LogP contribution in [0.3, 0.4) is 0 Å². The molecular weight excluding hydrogens is 440 g/mol. The third-order valence-corrected chi connectivity index (χ3v) is 6.20. The summed E-state index contributed by atoms with van der Waals surface area (Å²) >= 11 is 5.82. The zero-order valence-electron chi connectivity index (χ0n) is 21.2. The van der Waals surface area contributed by atoms with Crippen molar-refractivity contribution >= 4 is 34.3 Å². The van der Waals surface area contributed by atoms with Gasteiger partial charge in [0.15, 0.2) is 17.4 Å². The Labute approximate surface area is 208 Å². The summed E-state index contributed by atoms with van der Waals surface area (Å²) in [6.45, 7) is 15.0. The number of para-hydroxylation sites is 2. The second kappa shape index (κ2) is 10.4. The van der Waals surface area contributed by atoms with Gasteiger partial charge in [-0.1, -0.05) is 57.3 Å². The highest BCUT2D eigenvalue weighted by Crippen LogP contribution is 2.27. The SMILES string of the molecule is CCOc1ccccc1NC(=S)C(=C([O-])c1cc(C)c(C)cc1C)[n+]1ccc(C(C)(C)C)cc1. The number of hydrogen-bond acceptors (Lipinski definition) is 3. The summed E-state index contributed by atoms with van der Waals surface area (Å²) in [5.41, 5.74) is 6.10. The number of rotatable bonds is 6. The van der Waals surface area contributed by atoms with Gasteiger partial charge in [0.2, 0.25) is 5.70 Å². The van der Waals surface area contributed by atoms with Crippen LogP contribution in [0, 0.1) is 20.8 Å². The second-order valence-corrected chi connectivity index (χ2v) is 9.96. The van der Waals surface area contributed by atoms with Crippen molar-refractivity contribution in [1.82, 2.24) is 0 Å². The topological polar surface area (TPSA) is 48.2 Å². The minimum absolute atomic E-state index is 0.00309. The van der Waals surface area contributed by atoms with Gasteiger partial charge < -0.3 is 15.2 Å². The molecule has 2 aromatic carbocycles. The molecule has 3 rings (SSSR count). The van der Waals surface area contributed by atoms with Crippen LogP contribution in [0.4, 0.5) is 5.69 Å². The summed E-state index contributed by atoms with van der Waals surface area (Å²) in [6, 6.07) is 15.7. The normalized spacial score (nSPS) is 12.2. The van der Waals surface area contributed by atoms with Crippen LogP contribution < -0.4 is 19.7 Å². The number of aryl methyl sites for hydroxylation is 3. The molecule has 1 N–H and O–H groups in total. The maximum absolute atomic E-state index is 13.9. The van der Waals surface area contributed by atoms with E-state index in [-0.39, 0.29) is 11.2 Å². The lowest BCUT2D eigenvalue weighted by molar-refractivity contribution is -0.577. The number of pyridine rings is 1. The molecule has 0 aliphatic carbocycles. The van der Waals surface area contributed by atoms with E-state index in [0.717, 1.165) is 22.4 Å². The van der Waals surface area contributed by atoms with E-state index in [1.807, 2.05) is 80.2 Å². The molecule has 0 saturated carbocycles. The molecule has 0 unspecified atom stereocenters. The molecule has 4 nitrogen and oxygen atoms in total. The van der Waals surface area contributed by atoms with Crippen LogP contribution in [-0.2, 0) is 5.41 Å².